The monoisotopic (exact) mass is 517 g/mol. The third-order valence-corrected chi connectivity index (χ3v) is 7.25. The first-order valence-electron chi connectivity index (χ1n) is 12.9. The van der Waals surface area contributed by atoms with Crippen LogP contribution in [0.4, 0.5) is 5.69 Å². The molecule has 39 heavy (non-hydrogen) atoms. The number of phenols is 1. The maximum atomic E-state index is 11.9. The summed E-state index contributed by atoms with van der Waals surface area (Å²) >= 11 is 0. The van der Waals surface area contributed by atoms with Gasteiger partial charge in [0, 0.05) is 24.2 Å². The highest BCUT2D eigenvalue weighted by molar-refractivity contribution is 6.01. The molecule has 0 unspecified atom stereocenters. The van der Waals surface area contributed by atoms with Crippen molar-refractivity contribution in [2.24, 2.45) is 0 Å². The average molecular weight is 518 g/mol. The lowest BCUT2D eigenvalue weighted by Gasteiger charge is -2.26. The van der Waals surface area contributed by atoms with Gasteiger partial charge in [-0.3, -0.25) is 0 Å². The summed E-state index contributed by atoms with van der Waals surface area (Å²) in [4.78, 5) is 14.1. The molecule has 0 spiro atoms. The van der Waals surface area contributed by atoms with E-state index in [2.05, 4.69) is 37.8 Å². The number of carboxylic acids is 1. The molecule has 5 heteroatoms. The predicted molar refractivity (Wildman–Crippen MR) is 156 cm³/mol. The maximum absolute atomic E-state index is 11.9. The first-order valence-corrected chi connectivity index (χ1v) is 12.9. The van der Waals surface area contributed by atoms with Crippen LogP contribution in [0.3, 0.4) is 0 Å². The van der Waals surface area contributed by atoms with Gasteiger partial charge in [-0.05, 0) is 96.4 Å². The Morgan fingerprint density at radius 2 is 1.36 bits per heavy atom. The van der Waals surface area contributed by atoms with Gasteiger partial charge in [0.1, 0.15) is 22.8 Å². The minimum Gasteiger partial charge on any atom is -0.506 e. The number of anilines is 1. The molecule has 196 valence electrons. The number of ether oxygens (including phenoxy) is 1. The highest BCUT2D eigenvalue weighted by atomic mass is 16.5. The largest absolute Gasteiger partial charge is 0.506 e. The van der Waals surface area contributed by atoms with Crippen LogP contribution in [0, 0.1) is 20.8 Å². The zero-order valence-corrected chi connectivity index (χ0v) is 22.3. The van der Waals surface area contributed by atoms with Crippen LogP contribution in [0.25, 0.3) is 10.8 Å². The van der Waals surface area contributed by atoms with Crippen molar-refractivity contribution in [3.8, 4) is 17.2 Å². The molecule has 5 rings (SSSR count). The van der Waals surface area contributed by atoms with E-state index in [-0.39, 0.29) is 11.3 Å². The third kappa shape index (κ3) is 5.58. The second-order valence-electron chi connectivity index (χ2n) is 9.90. The topological polar surface area (TPSA) is 70.0 Å². The van der Waals surface area contributed by atoms with Gasteiger partial charge in [0.05, 0.1) is 0 Å². The van der Waals surface area contributed by atoms with E-state index in [9.17, 15) is 15.0 Å². The molecule has 0 saturated heterocycles. The summed E-state index contributed by atoms with van der Waals surface area (Å²) in [5, 5.41) is 21.7. The highest BCUT2D eigenvalue weighted by Crippen LogP contribution is 2.34. The number of hydrogen-bond donors (Lipinski definition) is 2. The number of rotatable bonds is 8. The van der Waals surface area contributed by atoms with Gasteiger partial charge in [-0.25, -0.2) is 4.79 Å². The van der Waals surface area contributed by atoms with E-state index in [4.69, 9.17) is 4.74 Å². The molecule has 0 atom stereocenters. The molecule has 0 bridgehead atoms. The van der Waals surface area contributed by atoms with Crippen LogP contribution in [-0.2, 0) is 13.1 Å². The van der Waals surface area contributed by atoms with Crippen LogP contribution in [0.5, 0.6) is 17.2 Å². The number of fused-ring (bicyclic) bond motifs is 1. The molecule has 5 aromatic rings. The number of benzene rings is 5. The van der Waals surface area contributed by atoms with Crippen LogP contribution in [0.1, 0.15) is 38.2 Å². The molecule has 0 aromatic heterocycles. The van der Waals surface area contributed by atoms with Gasteiger partial charge in [-0.1, -0.05) is 54.6 Å². The summed E-state index contributed by atoms with van der Waals surface area (Å²) in [6.07, 6.45) is 0. The summed E-state index contributed by atoms with van der Waals surface area (Å²) in [6, 6.07) is 31.1. The van der Waals surface area contributed by atoms with Gasteiger partial charge in [0.25, 0.3) is 0 Å². The van der Waals surface area contributed by atoms with Crippen molar-refractivity contribution < 1.29 is 19.7 Å². The predicted octanol–water partition coefficient (Wildman–Crippen LogP) is 8.17. The number of aromatic carboxylic acids is 1. The van der Waals surface area contributed by atoms with E-state index in [1.807, 2.05) is 66.7 Å². The van der Waals surface area contributed by atoms with E-state index in [0.29, 0.717) is 18.5 Å². The molecule has 5 nitrogen and oxygen atoms in total. The molecule has 2 N–H and O–H groups in total. The summed E-state index contributed by atoms with van der Waals surface area (Å²) < 4.78 is 6.17. The van der Waals surface area contributed by atoms with E-state index in [0.717, 1.165) is 33.7 Å². The molecule has 0 aliphatic carbocycles. The number of nitrogens with zero attached hydrogens (tertiary/aromatic N) is 1. The van der Waals surface area contributed by atoms with Crippen molar-refractivity contribution in [2.75, 3.05) is 4.90 Å². The van der Waals surface area contributed by atoms with Crippen molar-refractivity contribution in [1.82, 2.24) is 0 Å². The molecule has 0 aliphatic rings. The van der Waals surface area contributed by atoms with Crippen molar-refractivity contribution in [1.29, 1.82) is 0 Å². The highest BCUT2D eigenvalue weighted by Gasteiger charge is 2.18. The minimum atomic E-state index is -1.16. The van der Waals surface area contributed by atoms with Crippen LogP contribution < -0.4 is 9.64 Å². The van der Waals surface area contributed by atoms with Crippen molar-refractivity contribution in [3.63, 3.8) is 0 Å². The van der Waals surface area contributed by atoms with Gasteiger partial charge in [0.15, 0.2) is 0 Å². The quantitative estimate of drug-likeness (QED) is 0.217. The summed E-state index contributed by atoms with van der Waals surface area (Å²) in [5.74, 6) is 0.183. The first-order chi connectivity index (χ1) is 18.8. The molecular weight excluding hydrogens is 486 g/mol. The molecule has 0 saturated carbocycles. The Hall–Kier alpha value is -4.77. The van der Waals surface area contributed by atoms with E-state index < -0.39 is 5.97 Å². The fourth-order valence-electron chi connectivity index (χ4n) is 4.89. The molecule has 0 amide bonds. The van der Waals surface area contributed by atoms with Crippen molar-refractivity contribution in [2.45, 2.75) is 33.9 Å². The van der Waals surface area contributed by atoms with Crippen LogP contribution in [-0.4, -0.2) is 16.2 Å². The van der Waals surface area contributed by atoms with Crippen molar-refractivity contribution >= 4 is 22.4 Å². The molecule has 0 radical (unpaired) electrons. The number of hydrogen-bond acceptors (Lipinski definition) is 4. The molecule has 5 aromatic carbocycles. The Bertz CT molecular complexity index is 1620. The maximum Gasteiger partial charge on any atom is 0.339 e. The average Bonchev–Trinajstić information content (AvgIpc) is 2.93. The fraction of sp³-hybridized carbons (Fsp3) is 0.147. The zero-order chi connectivity index (χ0) is 27.5. The molecule has 0 heterocycles. The Morgan fingerprint density at radius 1 is 0.744 bits per heavy atom. The van der Waals surface area contributed by atoms with Gasteiger partial charge in [0.2, 0.25) is 0 Å². The fourth-order valence-corrected chi connectivity index (χ4v) is 4.89. The Kier molecular flexibility index (Phi) is 7.24. The lowest BCUT2D eigenvalue weighted by molar-refractivity contribution is 0.0694. The minimum absolute atomic E-state index is 0.101. The van der Waals surface area contributed by atoms with Gasteiger partial charge in [-0.15, -0.1) is 0 Å². The van der Waals surface area contributed by atoms with E-state index >= 15 is 0 Å². The number of aromatic hydroxyl groups is 1. The first kappa shape index (κ1) is 25.9. The Balaban J connectivity index is 1.50. The van der Waals surface area contributed by atoms with Crippen LogP contribution in [0.2, 0.25) is 0 Å². The van der Waals surface area contributed by atoms with Crippen LogP contribution in [0.15, 0.2) is 97.1 Å². The third-order valence-electron chi connectivity index (χ3n) is 7.25. The molecule has 0 fully saturated rings. The Labute approximate surface area is 228 Å². The normalized spacial score (nSPS) is 10.9. The number of carboxylic acid groups (broad SMARTS) is 1. The Morgan fingerprint density at radius 3 is 2.00 bits per heavy atom. The lowest BCUT2D eigenvalue weighted by atomic mass is 9.98. The second-order valence-corrected chi connectivity index (χ2v) is 9.90. The summed E-state index contributed by atoms with van der Waals surface area (Å²) in [5.41, 5.74) is 6.47. The number of aryl methyl sites for hydroxylation is 2. The number of carbonyl (C=O) groups is 1. The molecular formula is C34H31NO4. The summed E-state index contributed by atoms with van der Waals surface area (Å²) in [7, 11) is 0. The standard InChI is InChI=1S/C34H31NO4/c1-22-17-29(18-23(2)24(22)3)39-28-15-13-27(14-16-28)35(20-25-9-5-4-6-10-25)21-26-19-32(34(37)38)33(36)31-12-8-7-11-30(26)31/h4-19,36H,20-21H2,1-3H3,(H,37,38). The van der Waals surface area contributed by atoms with E-state index in [1.54, 1.807) is 18.2 Å². The van der Waals surface area contributed by atoms with Crippen molar-refractivity contribution in [3.05, 3.63) is 130 Å². The SMILES string of the molecule is Cc1cc(Oc2ccc(N(Cc3ccccc3)Cc3cc(C(=O)O)c(O)c4ccccc34)cc2)cc(C)c1C. The summed E-state index contributed by atoms with van der Waals surface area (Å²) in [6.45, 7) is 7.36. The van der Waals surface area contributed by atoms with Crippen LogP contribution >= 0.6 is 0 Å². The zero-order valence-electron chi connectivity index (χ0n) is 22.3. The van der Waals surface area contributed by atoms with E-state index in [1.165, 1.54) is 16.7 Å². The van der Waals surface area contributed by atoms with Gasteiger partial charge in [-0.2, -0.15) is 0 Å². The molecule has 0 aliphatic heterocycles. The lowest BCUT2D eigenvalue weighted by Crippen LogP contribution is -2.22. The van der Waals surface area contributed by atoms with Gasteiger partial charge >= 0.3 is 5.97 Å². The van der Waals surface area contributed by atoms with Gasteiger partial charge < -0.3 is 19.8 Å². The second kappa shape index (κ2) is 10.9. The smallest absolute Gasteiger partial charge is 0.339 e.